The molecule has 0 saturated heterocycles. The summed E-state index contributed by atoms with van der Waals surface area (Å²) < 4.78 is 31.3. The number of rotatable bonds is 5. The Morgan fingerprint density at radius 1 is 1.26 bits per heavy atom. The smallest absolute Gasteiger partial charge is 0.339 e. The van der Waals surface area contributed by atoms with E-state index in [-0.39, 0.29) is 22.0 Å². The number of amides is 1. The maximum Gasteiger partial charge on any atom is 0.339 e. The molecule has 2 heterocycles. The van der Waals surface area contributed by atoms with Gasteiger partial charge in [0.2, 0.25) is 10.0 Å². The van der Waals surface area contributed by atoms with Gasteiger partial charge in [0.05, 0.1) is 4.90 Å². The lowest BCUT2D eigenvalue weighted by molar-refractivity contribution is 0.0694. The zero-order chi connectivity index (χ0) is 19.9. The SMILES string of the molecule is CCc1oc(C(=O)N2CCc3ccc(S(=O)(=O)N(C)C)cc32)cc1C(=O)O. The Morgan fingerprint density at radius 3 is 2.52 bits per heavy atom. The average Bonchev–Trinajstić information content (AvgIpc) is 3.24. The molecule has 1 aromatic heterocycles. The van der Waals surface area contributed by atoms with Gasteiger partial charge in [0.1, 0.15) is 11.3 Å². The summed E-state index contributed by atoms with van der Waals surface area (Å²) >= 11 is 0. The van der Waals surface area contributed by atoms with E-state index in [9.17, 15) is 23.1 Å². The summed E-state index contributed by atoms with van der Waals surface area (Å²) in [6.45, 7) is 2.10. The quantitative estimate of drug-likeness (QED) is 0.834. The van der Waals surface area contributed by atoms with Crippen LogP contribution >= 0.6 is 0 Å². The number of hydrogen-bond donors (Lipinski definition) is 1. The highest BCUT2D eigenvalue weighted by Gasteiger charge is 2.31. The van der Waals surface area contributed by atoms with Crippen molar-refractivity contribution in [1.82, 2.24) is 4.31 Å². The molecular formula is C18H20N2O6S. The van der Waals surface area contributed by atoms with Gasteiger partial charge >= 0.3 is 5.97 Å². The molecule has 0 fully saturated rings. The van der Waals surface area contributed by atoms with Crippen LogP contribution in [0.1, 0.15) is 39.2 Å². The van der Waals surface area contributed by atoms with Crippen LogP contribution in [0.4, 0.5) is 5.69 Å². The van der Waals surface area contributed by atoms with E-state index in [2.05, 4.69) is 0 Å². The summed E-state index contributed by atoms with van der Waals surface area (Å²) in [5, 5.41) is 9.24. The number of fused-ring (bicyclic) bond motifs is 1. The number of sulfonamides is 1. The lowest BCUT2D eigenvalue weighted by Crippen LogP contribution is -2.29. The highest BCUT2D eigenvalue weighted by molar-refractivity contribution is 7.89. The number of furan rings is 1. The minimum Gasteiger partial charge on any atom is -0.478 e. The van der Waals surface area contributed by atoms with Crippen LogP contribution in [-0.4, -0.2) is 50.3 Å². The Bertz CT molecular complexity index is 1020. The van der Waals surface area contributed by atoms with Crippen molar-refractivity contribution in [2.24, 2.45) is 0 Å². The normalized spacial score (nSPS) is 13.9. The van der Waals surface area contributed by atoms with Crippen LogP contribution in [0, 0.1) is 0 Å². The second kappa shape index (κ2) is 6.82. The molecule has 0 unspecified atom stereocenters. The summed E-state index contributed by atoms with van der Waals surface area (Å²) in [5.41, 5.74) is 1.31. The predicted molar refractivity (Wildman–Crippen MR) is 97.7 cm³/mol. The molecule has 1 aromatic carbocycles. The molecule has 1 aliphatic heterocycles. The molecule has 2 aromatic rings. The summed E-state index contributed by atoms with van der Waals surface area (Å²) in [6.07, 6.45) is 0.924. The molecule has 0 atom stereocenters. The van der Waals surface area contributed by atoms with Crippen molar-refractivity contribution in [3.63, 3.8) is 0 Å². The van der Waals surface area contributed by atoms with Crippen LogP contribution in [-0.2, 0) is 22.9 Å². The standard InChI is InChI=1S/C18H20N2O6S/c1-4-15-13(18(22)23)10-16(26-15)17(21)20-8-7-11-5-6-12(9-14(11)20)27(24,25)19(2)3/h5-6,9-10H,4,7-8H2,1-3H3,(H,22,23). The molecule has 0 aliphatic carbocycles. The number of hydrogen-bond acceptors (Lipinski definition) is 5. The molecule has 9 heteroatoms. The molecule has 27 heavy (non-hydrogen) atoms. The van der Waals surface area contributed by atoms with Crippen LogP contribution in [0.25, 0.3) is 0 Å². The minimum atomic E-state index is -3.64. The Labute approximate surface area is 157 Å². The van der Waals surface area contributed by atoms with Gasteiger partial charge in [-0.1, -0.05) is 13.0 Å². The zero-order valence-corrected chi connectivity index (χ0v) is 16.0. The number of benzene rings is 1. The number of carboxylic acid groups (broad SMARTS) is 1. The van der Waals surface area contributed by atoms with Gasteiger partial charge in [-0.15, -0.1) is 0 Å². The van der Waals surface area contributed by atoms with Gasteiger partial charge in [-0.2, -0.15) is 0 Å². The maximum atomic E-state index is 12.9. The van der Waals surface area contributed by atoms with Crippen molar-refractivity contribution in [2.45, 2.75) is 24.7 Å². The number of nitrogens with zero attached hydrogens (tertiary/aromatic N) is 2. The summed E-state index contributed by atoms with van der Waals surface area (Å²) in [7, 11) is -0.759. The number of anilines is 1. The second-order valence-corrected chi connectivity index (χ2v) is 8.54. The molecule has 1 N–H and O–H groups in total. The van der Waals surface area contributed by atoms with Crippen molar-refractivity contribution in [2.75, 3.05) is 25.5 Å². The highest BCUT2D eigenvalue weighted by atomic mass is 32.2. The lowest BCUT2D eigenvalue weighted by Gasteiger charge is -2.18. The second-order valence-electron chi connectivity index (χ2n) is 6.39. The van der Waals surface area contributed by atoms with Crippen LogP contribution in [0.3, 0.4) is 0 Å². The fourth-order valence-corrected chi connectivity index (χ4v) is 3.97. The number of carboxylic acids is 1. The zero-order valence-electron chi connectivity index (χ0n) is 15.2. The van der Waals surface area contributed by atoms with Crippen molar-refractivity contribution in [1.29, 1.82) is 0 Å². The van der Waals surface area contributed by atoms with Crippen LogP contribution in [0.15, 0.2) is 33.6 Å². The molecule has 3 rings (SSSR count). The van der Waals surface area contributed by atoms with Crippen LogP contribution < -0.4 is 4.90 Å². The molecule has 0 bridgehead atoms. The molecule has 144 valence electrons. The molecule has 1 amide bonds. The number of carbonyl (C=O) groups is 2. The topological polar surface area (TPSA) is 108 Å². The number of carbonyl (C=O) groups excluding carboxylic acids is 1. The lowest BCUT2D eigenvalue weighted by atomic mass is 10.2. The Morgan fingerprint density at radius 2 is 1.96 bits per heavy atom. The van der Waals surface area contributed by atoms with E-state index in [1.54, 1.807) is 13.0 Å². The van der Waals surface area contributed by atoms with Gasteiger partial charge in [0, 0.05) is 38.8 Å². The minimum absolute atomic E-state index is 0.0378. The van der Waals surface area contributed by atoms with E-state index in [1.165, 1.54) is 37.2 Å². The first kappa shape index (κ1) is 19.1. The van der Waals surface area contributed by atoms with Crippen LogP contribution in [0.2, 0.25) is 0 Å². The third kappa shape index (κ3) is 3.24. The van der Waals surface area contributed by atoms with Crippen molar-refractivity contribution < 1.29 is 27.5 Å². The maximum absolute atomic E-state index is 12.9. The summed E-state index contributed by atoms with van der Waals surface area (Å²) in [5.74, 6) is -1.49. The fourth-order valence-electron chi connectivity index (χ4n) is 3.05. The van der Waals surface area contributed by atoms with Gasteiger partial charge in [-0.05, 0) is 24.1 Å². The van der Waals surface area contributed by atoms with Gasteiger partial charge in [0.25, 0.3) is 5.91 Å². The van der Waals surface area contributed by atoms with Crippen molar-refractivity contribution >= 4 is 27.6 Å². The average molecular weight is 392 g/mol. The van der Waals surface area contributed by atoms with Gasteiger partial charge in [-0.25, -0.2) is 17.5 Å². The third-order valence-corrected chi connectivity index (χ3v) is 6.36. The molecule has 0 radical (unpaired) electrons. The molecule has 8 nitrogen and oxygen atoms in total. The van der Waals surface area contributed by atoms with E-state index in [0.29, 0.717) is 25.1 Å². The van der Waals surface area contributed by atoms with Gasteiger partial charge in [-0.3, -0.25) is 4.79 Å². The van der Waals surface area contributed by atoms with Gasteiger partial charge in [0.15, 0.2) is 5.76 Å². The number of aryl methyl sites for hydroxylation is 1. The van der Waals surface area contributed by atoms with E-state index in [1.807, 2.05) is 0 Å². The van der Waals surface area contributed by atoms with Crippen LogP contribution in [0.5, 0.6) is 0 Å². The Kier molecular flexibility index (Phi) is 4.83. The van der Waals surface area contributed by atoms with E-state index < -0.39 is 21.9 Å². The van der Waals surface area contributed by atoms with E-state index in [4.69, 9.17) is 4.42 Å². The first-order chi connectivity index (χ1) is 12.7. The first-order valence-corrected chi connectivity index (χ1v) is 9.84. The van der Waals surface area contributed by atoms with E-state index >= 15 is 0 Å². The third-order valence-electron chi connectivity index (χ3n) is 4.55. The largest absolute Gasteiger partial charge is 0.478 e. The number of aromatic carboxylic acids is 1. The highest BCUT2D eigenvalue weighted by Crippen LogP contribution is 2.33. The molecule has 0 saturated carbocycles. The summed E-state index contributed by atoms with van der Waals surface area (Å²) in [4.78, 5) is 25.7. The predicted octanol–water partition coefficient (Wildman–Crippen LogP) is 1.99. The van der Waals surface area contributed by atoms with Gasteiger partial charge < -0.3 is 14.4 Å². The summed E-state index contributed by atoms with van der Waals surface area (Å²) in [6, 6.07) is 5.91. The Balaban J connectivity index is 2.00. The van der Waals surface area contributed by atoms with Crippen molar-refractivity contribution in [3.05, 3.63) is 46.9 Å². The monoisotopic (exact) mass is 392 g/mol. The first-order valence-electron chi connectivity index (χ1n) is 8.40. The Hall–Kier alpha value is -2.65. The molecule has 0 spiro atoms. The molecular weight excluding hydrogens is 372 g/mol. The fraction of sp³-hybridized carbons (Fsp3) is 0.333. The van der Waals surface area contributed by atoms with E-state index in [0.717, 1.165) is 9.87 Å². The van der Waals surface area contributed by atoms with Crippen molar-refractivity contribution in [3.8, 4) is 0 Å². The molecule has 1 aliphatic rings.